The Hall–Kier alpha value is -2.14. The van der Waals surface area contributed by atoms with Crippen molar-refractivity contribution in [1.82, 2.24) is 0 Å². The third-order valence-electron chi connectivity index (χ3n) is 5.46. The summed E-state index contributed by atoms with van der Waals surface area (Å²) in [6.07, 6.45) is 5.33. The summed E-state index contributed by atoms with van der Waals surface area (Å²) in [6.45, 7) is 4.91. The fourth-order valence-corrected chi connectivity index (χ4v) is 4.12. The molecule has 5 nitrogen and oxygen atoms in total. The molecule has 1 aromatic rings. The second-order valence-corrected chi connectivity index (χ2v) is 7.18. The molecule has 0 saturated carbocycles. The summed E-state index contributed by atoms with van der Waals surface area (Å²) < 4.78 is 11.5. The summed E-state index contributed by atoms with van der Waals surface area (Å²) >= 11 is 0. The zero-order chi connectivity index (χ0) is 17.6. The van der Waals surface area contributed by atoms with Gasteiger partial charge in [-0.15, -0.1) is 0 Å². The zero-order valence-corrected chi connectivity index (χ0v) is 14.6. The second kappa shape index (κ2) is 5.99. The van der Waals surface area contributed by atoms with Gasteiger partial charge in [0, 0.05) is 5.69 Å². The van der Waals surface area contributed by atoms with Crippen molar-refractivity contribution in [2.75, 3.05) is 18.1 Å². The molecule has 3 heterocycles. The first-order valence-electron chi connectivity index (χ1n) is 8.97. The van der Waals surface area contributed by atoms with E-state index in [9.17, 15) is 9.59 Å². The molecule has 25 heavy (non-hydrogen) atoms. The van der Waals surface area contributed by atoms with Crippen LogP contribution in [0.5, 0.6) is 0 Å². The van der Waals surface area contributed by atoms with Gasteiger partial charge in [0.05, 0.1) is 25.2 Å². The molecular weight excluding hydrogens is 318 g/mol. The highest BCUT2D eigenvalue weighted by atomic mass is 16.6. The highest BCUT2D eigenvalue weighted by Gasteiger charge is 2.67. The predicted octanol–water partition coefficient (Wildman–Crippen LogP) is 2.62. The van der Waals surface area contributed by atoms with Crippen LogP contribution in [0.2, 0.25) is 0 Å². The van der Waals surface area contributed by atoms with Crippen molar-refractivity contribution in [2.24, 2.45) is 11.8 Å². The van der Waals surface area contributed by atoms with E-state index in [1.165, 1.54) is 0 Å². The Labute approximate surface area is 147 Å². The largest absolute Gasteiger partial charge is 0.465 e. The summed E-state index contributed by atoms with van der Waals surface area (Å²) in [7, 11) is 0. The van der Waals surface area contributed by atoms with Gasteiger partial charge in [-0.2, -0.15) is 0 Å². The van der Waals surface area contributed by atoms with Crippen LogP contribution in [0.4, 0.5) is 5.69 Å². The molecule has 4 atom stereocenters. The maximum Gasteiger partial charge on any atom is 0.312 e. The minimum absolute atomic E-state index is 0.0480. The van der Waals surface area contributed by atoms with Gasteiger partial charge in [0.1, 0.15) is 11.5 Å². The van der Waals surface area contributed by atoms with Crippen LogP contribution in [0, 0.1) is 18.8 Å². The van der Waals surface area contributed by atoms with Crippen LogP contribution in [0.1, 0.15) is 25.3 Å². The van der Waals surface area contributed by atoms with Crippen molar-refractivity contribution in [3.05, 3.63) is 42.0 Å². The Kier molecular flexibility index (Phi) is 3.91. The SMILES string of the molecule is CCCCOC(=O)[C@@H]1[C@H]2C(=O)N(c3ccc(C)cc3)C[C@@]23C=C[C@H]1O3. The fraction of sp³-hybridized carbons (Fsp3) is 0.500. The summed E-state index contributed by atoms with van der Waals surface area (Å²) in [6, 6.07) is 7.85. The number of esters is 1. The molecule has 0 aromatic heterocycles. The maximum absolute atomic E-state index is 13.1. The van der Waals surface area contributed by atoms with Crippen LogP contribution in [-0.2, 0) is 19.1 Å². The maximum atomic E-state index is 13.1. The van der Waals surface area contributed by atoms with E-state index in [1.807, 2.05) is 50.3 Å². The van der Waals surface area contributed by atoms with E-state index in [0.717, 1.165) is 24.1 Å². The molecule has 1 amide bonds. The molecular formula is C20H23NO4. The van der Waals surface area contributed by atoms with E-state index in [1.54, 1.807) is 4.90 Å². The molecule has 1 spiro atoms. The molecule has 1 aromatic carbocycles. The number of aryl methyl sites for hydroxylation is 1. The Balaban J connectivity index is 1.59. The number of anilines is 1. The number of carbonyl (C=O) groups excluding carboxylic acids is 2. The number of unbranched alkanes of at least 4 members (excludes halogenated alkanes) is 1. The van der Waals surface area contributed by atoms with Gasteiger partial charge in [-0.1, -0.05) is 43.2 Å². The number of benzene rings is 1. The van der Waals surface area contributed by atoms with E-state index in [2.05, 4.69) is 0 Å². The average molecular weight is 341 g/mol. The number of nitrogens with zero attached hydrogens (tertiary/aromatic N) is 1. The number of amides is 1. The van der Waals surface area contributed by atoms with Crippen LogP contribution < -0.4 is 4.90 Å². The van der Waals surface area contributed by atoms with E-state index < -0.39 is 17.4 Å². The molecule has 2 saturated heterocycles. The molecule has 3 aliphatic heterocycles. The average Bonchev–Trinajstić information content (AvgIpc) is 3.24. The van der Waals surface area contributed by atoms with E-state index >= 15 is 0 Å². The second-order valence-electron chi connectivity index (χ2n) is 7.18. The molecule has 3 aliphatic rings. The van der Waals surface area contributed by atoms with Crippen LogP contribution in [0.3, 0.4) is 0 Å². The molecule has 0 aliphatic carbocycles. The van der Waals surface area contributed by atoms with Gasteiger partial charge in [-0.3, -0.25) is 9.59 Å². The van der Waals surface area contributed by atoms with Crippen LogP contribution in [0.25, 0.3) is 0 Å². The van der Waals surface area contributed by atoms with Crippen molar-refractivity contribution >= 4 is 17.6 Å². The molecule has 0 N–H and O–H groups in total. The Morgan fingerprint density at radius 2 is 2.12 bits per heavy atom. The van der Waals surface area contributed by atoms with Gasteiger partial charge < -0.3 is 14.4 Å². The van der Waals surface area contributed by atoms with Gasteiger partial charge in [-0.25, -0.2) is 0 Å². The third kappa shape index (κ3) is 2.49. The summed E-state index contributed by atoms with van der Waals surface area (Å²) in [5.41, 5.74) is 1.29. The minimum Gasteiger partial charge on any atom is -0.465 e. The lowest BCUT2D eigenvalue weighted by atomic mass is 9.77. The standard InChI is InChI=1S/C20H23NO4/c1-3-4-11-24-19(23)16-15-9-10-20(25-15)12-21(18(22)17(16)20)14-7-5-13(2)6-8-14/h5-10,15-17H,3-4,11-12H2,1-2H3/t15-,16+,17+,20+/m1/s1. The van der Waals surface area contributed by atoms with Crippen molar-refractivity contribution in [3.8, 4) is 0 Å². The number of hydrogen-bond acceptors (Lipinski definition) is 4. The smallest absolute Gasteiger partial charge is 0.312 e. The van der Waals surface area contributed by atoms with Gasteiger partial charge in [0.2, 0.25) is 5.91 Å². The first-order chi connectivity index (χ1) is 12.1. The monoisotopic (exact) mass is 341 g/mol. The highest BCUT2D eigenvalue weighted by Crippen LogP contribution is 2.52. The first kappa shape index (κ1) is 16.3. The lowest BCUT2D eigenvalue weighted by Crippen LogP contribution is -2.40. The fourth-order valence-electron chi connectivity index (χ4n) is 4.12. The third-order valence-corrected chi connectivity index (χ3v) is 5.46. The zero-order valence-electron chi connectivity index (χ0n) is 14.6. The lowest BCUT2D eigenvalue weighted by Gasteiger charge is -2.22. The van der Waals surface area contributed by atoms with Crippen LogP contribution in [0.15, 0.2) is 36.4 Å². The first-order valence-corrected chi connectivity index (χ1v) is 8.97. The van der Waals surface area contributed by atoms with Crippen LogP contribution in [-0.4, -0.2) is 36.7 Å². The summed E-state index contributed by atoms with van der Waals surface area (Å²) in [4.78, 5) is 27.4. The highest BCUT2D eigenvalue weighted by molar-refractivity contribution is 6.02. The number of ether oxygens (including phenoxy) is 2. The topological polar surface area (TPSA) is 55.8 Å². The molecule has 0 unspecified atom stereocenters. The number of carbonyl (C=O) groups is 2. The van der Waals surface area contributed by atoms with E-state index in [4.69, 9.17) is 9.47 Å². The van der Waals surface area contributed by atoms with Gasteiger partial charge in [0.25, 0.3) is 0 Å². The quantitative estimate of drug-likeness (QED) is 0.469. The lowest BCUT2D eigenvalue weighted by molar-refractivity contribution is -0.152. The number of fused-ring (bicyclic) bond motifs is 1. The molecule has 0 radical (unpaired) electrons. The normalized spacial score (nSPS) is 32.3. The number of rotatable bonds is 5. The van der Waals surface area contributed by atoms with Crippen molar-refractivity contribution < 1.29 is 19.1 Å². The van der Waals surface area contributed by atoms with Gasteiger partial charge >= 0.3 is 5.97 Å². The van der Waals surface area contributed by atoms with E-state index in [0.29, 0.717) is 13.2 Å². The minimum atomic E-state index is -0.693. The van der Waals surface area contributed by atoms with Crippen molar-refractivity contribution in [2.45, 2.75) is 38.4 Å². The summed E-state index contributed by atoms with van der Waals surface area (Å²) in [5.74, 6) is -1.38. The Bertz CT molecular complexity index is 726. The Morgan fingerprint density at radius 1 is 1.36 bits per heavy atom. The van der Waals surface area contributed by atoms with Gasteiger partial charge in [-0.05, 0) is 25.5 Å². The molecule has 5 heteroatoms. The number of hydrogen-bond donors (Lipinski definition) is 0. The van der Waals surface area contributed by atoms with Crippen molar-refractivity contribution in [3.63, 3.8) is 0 Å². The molecule has 2 fully saturated rings. The molecule has 132 valence electrons. The Morgan fingerprint density at radius 3 is 2.84 bits per heavy atom. The van der Waals surface area contributed by atoms with Crippen molar-refractivity contribution in [1.29, 1.82) is 0 Å². The molecule has 4 rings (SSSR count). The van der Waals surface area contributed by atoms with E-state index in [-0.39, 0.29) is 18.0 Å². The summed E-state index contributed by atoms with van der Waals surface area (Å²) in [5, 5.41) is 0. The predicted molar refractivity (Wildman–Crippen MR) is 93.1 cm³/mol. The molecule has 2 bridgehead atoms. The van der Waals surface area contributed by atoms with Gasteiger partial charge in [0.15, 0.2) is 0 Å². The van der Waals surface area contributed by atoms with Crippen LogP contribution >= 0.6 is 0 Å².